The summed E-state index contributed by atoms with van der Waals surface area (Å²) in [5.74, 6) is 1.05. The van der Waals surface area contributed by atoms with Gasteiger partial charge >= 0.3 is 0 Å². The SMILES string of the molecule is CCc1cc(Br)c2oc(-c3ccc(NC(=O)COc4cccc(C)c4C)cc3)nc2c1. The van der Waals surface area contributed by atoms with E-state index in [-0.39, 0.29) is 12.5 Å². The first-order valence-corrected chi connectivity index (χ1v) is 10.9. The molecule has 0 bridgehead atoms. The molecule has 0 radical (unpaired) electrons. The van der Waals surface area contributed by atoms with Crippen molar-refractivity contribution in [3.8, 4) is 17.2 Å². The third-order valence-corrected chi connectivity index (χ3v) is 5.83. The first kappa shape index (κ1) is 21.1. The van der Waals surface area contributed by atoms with Crippen molar-refractivity contribution in [1.82, 2.24) is 4.98 Å². The Morgan fingerprint density at radius 3 is 2.65 bits per heavy atom. The number of aryl methyl sites for hydroxylation is 2. The van der Waals surface area contributed by atoms with Gasteiger partial charge in [-0.15, -0.1) is 0 Å². The summed E-state index contributed by atoms with van der Waals surface area (Å²) < 4.78 is 12.5. The number of halogens is 1. The highest BCUT2D eigenvalue weighted by Gasteiger charge is 2.13. The molecule has 31 heavy (non-hydrogen) atoms. The predicted octanol–water partition coefficient (Wildman–Crippen LogP) is 6.45. The fourth-order valence-electron chi connectivity index (χ4n) is 3.29. The van der Waals surface area contributed by atoms with E-state index in [0.29, 0.717) is 11.6 Å². The van der Waals surface area contributed by atoms with Crippen LogP contribution in [0.1, 0.15) is 23.6 Å². The molecule has 0 unspecified atom stereocenters. The van der Waals surface area contributed by atoms with Gasteiger partial charge in [0.05, 0.1) is 4.47 Å². The minimum atomic E-state index is -0.216. The van der Waals surface area contributed by atoms with E-state index >= 15 is 0 Å². The van der Waals surface area contributed by atoms with Crippen LogP contribution in [0.15, 0.2) is 63.5 Å². The quantitative estimate of drug-likeness (QED) is 0.345. The zero-order chi connectivity index (χ0) is 22.0. The number of aromatic nitrogens is 1. The summed E-state index contributed by atoms with van der Waals surface area (Å²) in [6.07, 6.45) is 0.929. The van der Waals surface area contributed by atoms with Crippen LogP contribution in [-0.2, 0) is 11.2 Å². The summed E-state index contributed by atoms with van der Waals surface area (Å²) in [7, 11) is 0. The molecule has 0 saturated carbocycles. The number of nitrogens with one attached hydrogen (secondary N) is 1. The molecule has 0 aliphatic heterocycles. The molecular weight excluding hydrogens is 456 g/mol. The van der Waals surface area contributed by atoms with Crippen LogP contribution in [0.25, 0.3) is 22.6 Å². The van der Waals surface area contributed by atoms with Gasteiger partial charge in [-0.25, -0.2) is 4.98 Å². The van der Waals surface area contributed by atoms with Crippen molar-refractivity contribution >= 4 is 38.6 Å². The largest absolute Gasteiger partial charge is 0.483 e. The van der Waals surface area contributed by atoms with Gasteiger partial charge in [0.25, 0.3) is 5.91 Å². The Bertz CT molecular complexity index is 1250. The molecule has 1 heterocycles. The van der Waals surface area contributed by atoms with Crippen LogP contribution < -0.4 is 10.1 Å². The van der Waals surface area contributed by atoms with Crippen molar-refractivity contribution in [3.63, 3.8) is 0 Å². The lowest BCUT2D eigenvalue weighted by atomic mass is 10.1. The molecule has 6 heteroatoms. The van der Waals surface area contributed by atoms with Gasteiger partial charge < -0.3 is 14.5 Å². The second-order valence-electron chi connectivity index (χ2n) is 7.41. The van der Waals surface area contributed by atoms with Crippen LogP contribution in [0.4, 0.5) is 5.69 Å². The molecule has 4 aromatic rings. The van der Waals surface area contributed by atoms with Crippen LogP contribution in [-0.4, -0.2) is 17.5 Å². The average molecular weight is 479 g/mol. The zero-order valence-electron chi connectivity index (χ0n) is 17.7. The van der Waals surface area contributed by atoms with Crippen LogP contribution in [0, 0.1) is 13.8 Å². The Morgan fingerprint density at radius 2 is 1.90 bits per heavy atom. The molecule has 158 valence electrons. The summed E-state index contributed by atoms with van der Waals surface area (Å²) >= 11 is 3.56. The van der Waals surface area contributed by atoms with E-state index in [4.69, 9.17) is 9.15 Å². The molecular formula is C25H23BrN2O3. The van der Waals surface area contributed by atoms with Crippen molar-refractivity contribution < 1.29 is 13.9 Å². The van der Waals surface area contributed by atoms with E-state index in [1.54, 1.807) is 0 Å². The molecule has 0 fully saturated rings. The van der Waals surface area contributed by atoms with Crippen LogP contribution in [0.2, 0.25) is 0 Å². The molecule has 5 nitrogen and oxygen atoms in total. The van der Waals surface area contributed by atoms with Crippen molar-refractivity contribution in [2.24, 2.45) is 0 Å². The van der Waals surface area contributed by atoms with Crippen LogP contribution in [0.5, 0.6) is 5.75 Å². The lowest BCUT2D eigenvalue weighted by molar-refractivity contribution is -0.118. The number of ether oxygens (including phenoxy) is 1. The van der Waals surface area contributed by atoms with Gasteiger partial charge in [-0.05, 0) is 95.4 Å². The molecule has 0 atom stereocenters. The molecule has 1 N–H and O–H groups in total. The van der Waals surface area contributed by atoms with Crippen molar-refractivity contribution in [2.45, 2.75) is 27.2 Å². The van der Waals surface area contributed by atoms with Crippen molar-refractivity contribution in [3.05, 3.63) is 75.8 Å². The number of carbonyl (C=O) groups is 1. The highest BCUT2D eigenvalue weighted by atomic mass is 79.9. The van der Waals surface area contributed by atoms with E-state index in [0.717, 1.165) is 44.4 Å². The smallest absolute Gasteiger partial charge is 0.262 e. The number of amides is 1. The van der Waals surface area contributed by atoms with Crippen LogP contribution >= 0.6 is 15.9 Å². The Labute approximate surface area is 189 Å². The number of fused-ring (bicyclic) bond motifs is 1. The Balaban J connectivity index is 1.43. The average Bonchev–Trinajstić information content (AvgIpc) is 3.20. The number of hydrogen-bond donors (Lipinski definition) is 1. The van der Waals surface area contributed by atoms with E-state index in [2.05, 4.69) is 39.2 Å². The van der Waals surface area contributed by atoms with Gasteiger partial charge in [0, 0.05) is 11.3 Å². The van der Waals surface area contributed by atoms with Gasteiger partial charge in [0.15, 0.2) is 12.2 Å². The Kier molecular flexibility index (Phi) is 6.09. The van der Waals surface area contributed by atoms with Gasteiger partial charge in [-0.1, -0.05) is 19.1 Å². The van der Waals surface area contributed by atoms with E-state index in [1.165, 1.54) is 5.56 Å². The Hall–Kier alpha value is -3.12. The Morgan fingerprint density at radius 1 is 1.13 bits per heavy atom. The summed E-state index contributed by atoms with van der Waals surface area (Å²) in [6.45, 7) is 6.05. The molecule has 4 rings (SSSR count). The molecule has 0 aliphatic rings. The maximum atomic E-state index is 12.3. The maximum absolute atomic E-state index is 12.3. The van der Waals surface area contributed by atoms with Gasteiger partial charge in [-0.2, -0.15) is 0 Å². The highest BCUT2D eigenvalue weighted by molar-refractivity contribution is 9.10. The number of nitrogens with zero attached hydrogens (tertiary/aromatic N) is 1. The topological polar surface area (TPSA) is 64.4 Å². The first-order chi connectivity index (χ1) is 14.9. The molecule has 3 aromatic carbocycles. The highest BCUT2D eigenvalue weighted by Crippen LogP contribution is 2.31. The summed E-state index contributed by atoms with van der Waals surface area (Å²) in [5.41, 5.74) is 6.44. The molecule has 1 aromatic heterocycles. The zero-order valence-corrected chi connectivity index (χ0v) is 19.2. The maximum Gasteiger partial charge on any atom is 0.262 e. The summed E-state index contributed by atoms with van der Waals surface area (Å²) in [5, 5.41) is 2.85. The fraction of sp³-hybridized carbons (Fsp3) is 0.200. The molecule has 0 spiro atoms. The third-order valence-electron chi connectivity index (χ3n) is 5.24. The number of oxazole rings is 1. The van der Waals surface area contributed by atoms with E-state index in [1.807, 2.05) is 62.4 Å². The fourth-order valence-corrected chi connectivity index (χ4v) is 3.87. The number of carbonyl (C=O) groups excluding carboxylic acids is 1. The normalized spacial score (nSPS) is 11.0. The lowest BCUT2D eigenvalue weighted by Gasteiger charge is -2.11. The first-order valence-electron chi connectivity index (χ1n) is 10.1. The third kappa shape index (κ3) is 4.64. The van der Waals surface area contributed by atoms with Gasteiger partial charge in [0.1, 0.15) is 11.3 Å². The van der Waals surface area contributed by atoms with E-state index < -0.39 is 0 Å². The molecule has 1 amide bonds. The van der Waals surface area contributed by atoms with Gasteiger partial charge in [-0.3, -0.25) is 4.79 Å². The molecule has 0 aliphatic carbocycles. The minimum Gasteiger partial charge on any atom is -0.483 e. The monoisotopic (exact) mass is 478 g/mol. The number of hydrogen-bond acceptors (Lipinski definition) is 4. The second-order valence-corrected chi connectivity index (χ2v) is 8.27. The number of benzene rings is 3. The number of anilines is 1. The summed E-state index contributed by atoms with van der Waals surface area (Å²) in [6, 6.07) is 17.3. The second kappa shape index (κ2) is 8.94. The van der Waals surface area contributed by atoms with E-state index in [9.17, 15) is 4.79 Å². The molecule has 0 saturated heterocycles. The predicted molar refractivity (Wildman–Crippen MR) is 127 cm³/mol. The minimum absolute atomic E-state index is 0.0506. The summed E-state index contributed by atoms with van der Waals surface area (Å²) in [4.78, 5) is 16.9. The van der Waals surface area contributed by atoms with Crippen molar-refractivity contribution in [2.75, 3.05) is 11.9 Å². The van der Waals surface area contributed by atoms with Gasteiger partial charge in [0.2, 0.25) is 5.89 Å². The standard InChI is InChI=1S/C25H23BrN2O3/c1-4-17-12-20(26)24-21(13-17)28-25(31-24)18-8-10-19(11-9-18)27-23(29)14-30-22-7-5-6-15(2)16(22)3/h5-13H,4,14H2,1-3H3,(H,27,29). The number of rotatable bonds is 6. The lowest BCUT2D eigenvalue weighted by Crippen LogP contribution is -2.20. The van der Waals surface area contributed by atoms with Crippen LogP contribution in [0.3, 0.4) is 0 Å². The van der Waals surface area contributed by atoms with Crippen molar-refractivity contribution in [1.29, 1.82) is 0 Å².